The van der Waals surface area contributed by atoms with Crippen molar-refractivity contribution < 1.29 is 13.8 Å². The maximum Gasteiger partial charge on any atom is 0.230 e. The van der Waals surface area contributed by atoms with Gasteiger partial charge in [0.25, 0.3) is 0 Å². The van der Waals surface area contributed by atoms with Gasteiger partial charge in [0, 0.05) is 34.2 Å². The van der Waals surface area contributed by atoms with Gasteiger partial charge in [-0.15, -0.1) is 0 Å². The fourth-order valence-corrected chi connectivity index (χ4v) is 3.12. The van der Waals surface area contributed by atoms with Crippen molar-refractivity contribution in [1.82, 2.24) is 9.97 Å². The number of hydrogen-bond donors (Lipinski definition) is 1. The molecule has 0 spiro atoms. The molecule has 0 radical (unpaired) electrons. The van der Waals surface area contributed by atoms with Crippen molar-refractivity contribution in [1.29, 1.82) is 0 Å². The van der Waals surface area contributed by atoms with Gasteiger partial charge in [-0.2, -0.15) is 0 Å². The zero-order valence-corrected chi connectivity index (χ0v) is 16.7. The molecule has 3 aromatic heterocycles. The van der Waals surface area contributed by atoms with E-state index in [9.17, 15) is 4.79 Å². The number of aryl methyl sites for hydroxylation is 1. The summed E-state index contributed by atoms with van der Waals surface area (Å²) >= 11 is 1.40. The van der Waals surface area contributed by atoms with Crippen LogP contribution in [-0.4, -0.2) is 15.9 Å². The van der Waals surface area contributed by atoms with Crippen molar-refractivity contribution in [2.45, 2.75) is 32.6 Å². The number of thiazole rings is 1. The smallest absolute Gasteiger partial charge is 0.230 e. The third-order valence-corrected chi connectivity index (χ3v) is 4.67. The van der Waals surface area contributed by atoms with E-state index in [2.05, 4.69) is 36.1 Å². The van der Waals surface area contributed by atoms with Crippen molar-refractivity contribution >= 4 is 34.5 Å². The number of amides is 1. The number of pyridine rings is 1. The summed E-state index contributed by atoms with van der Waals surface area (Å²) in [4.78, 5) is 21.6. The van der Waals surface area contributed by atoms with Crippen LogP contribution < -0.4 is 9.88 Å². The zero-order chi connectivity index (χ0) is 19.4. The Kier molecular flexibility index (Phi) is 5.51. The molecule has 0 saturated carbocycles. The van der Waals surface area contributed by atoms with Crippen LogP contribution in [0.2, 0.25) is 0 Å². The molecule has 0 aliphatic carbocycles. The standard InChI is InChI=1S/C20H22N4O2S/c1-20(2,3)16-12-21-18(26-16)8-7-15-11-22-19(27-15)23-17(25)10-14-6-5-9-24(4)13-14/h5-9,11-13H,10H2,1-4H3/p+1. The second-order valence-corrected chi connectivity index (χ2v) is 8.38. The van der Waals surface area contributed by atoms with Crippen molar-refractivity contribution in [3.8, 4) is 0 Å². The zero-order valence-electron chi connectivity index (χ0n) is 15.9. The molecule has 0 unspecified atom stereocenters. The molecule has 0 bridgehead atoms. The minimum absolute atomic E-state index is 0.0726. The van der Waals surface area contributed by atoms with Gasteiger partial charge in [-0.25, -0.2) is 14.5 Å². The summed E-state index contributed by atoms with van der Waals surface area (Å²) in [6.07, 6.45) is 11.3. The minimum atomic E-state index is -0.0893. The van der Waals surface area contributed by atoms with Gasteiger partial charge in [-0.05, 0) is 12.1 Å². The van der Waals surface area contributed by atoms with Crippen molar-refractivity contribution in [3.63, 3.8) is 0 Å². The number of nitrogens with one attached hydrogen (secondary N) is 1. The number of rotatable bonds is 5. The summed E-state index contributed by atoms with van der Waals surface area (Å²) < 4.78 is 7.65. The highest BCUT2D eigenvalue weighted by Crippen LogP contribution is 2.24. The van der Waals surface area contributed by atoms with E-state index in [0.29, 0.717) is 17.4 Å². The van der Waals surface area contributed by atoms with E-state index < -0.39 is 0 Å². The number of nitrogens with zero attached hydrogens (tertiary/aromatic N) is 3. The van der Waals surface area contributed by atoms with Crippen LogP contribution in [0.25, 0.3) is 12.2 Å². The van der Waals surface area contributed by atoms with Crippen LogP contribution in [-0.2, 0) is 23.7 Å². The Morgan fingerprint density at radius 2 is 2.11 bits per heavy atom. The third kappa shape index (κ3) is 5.34. The number of carbonyl (C=O) groups excluding carboxylic acids is 1. The summed E-state index contributed by atoms with van der Waals surface area (Å²) in [6, 6.07) is 3.85. The molecule has 3 heterocycles. The van der Waals surface area contributed by atoms with E-state index in [1.165, 1.54) is 11.3 Å². The van der Waals surface area contributed by atoms with E-state index in [1.807, 2.05) is 42.2 Å². The first-order valence-electron chi connectivity index (χ1n) is 8.64. The van der Waals surface area contributed by atoms with Crippen molar-refractivity contribution in [2.75, 3.05) is 5.32 Å². The lowest BCUT2D eigenvalue weighted by atomic mass is 9.94. The van der Waals surface area contributed by atoms with Crippen LogP contribution >= 0.6 is 11.3 Å². The number of aromatic nitrogens is 3. The Balaban J connectivity index is 1.59. The third-order valence-electron chi connectivity index (χ3n) is 3.79. The maximum absolute atomic E-state index is 12.2. The second kappa shape index (κ2) is 7.84. The number of hydrogen-bond acceptors (Lipinski definition) is 5. The van der Waals surface area contributed by atoms with Crippen LogP contribution in [0.4, 0.5) is 5.13 Å². The number of carbonyl (C=O) groups is 1. The van der Waals surface area contributed by atoms with Crippen molar-refractivity contribution in [2.24, 2.45) is 7.05 Å². The second-order valence-electron chi connectivity index (χ2n) is 7.32. The van der Waals surface area contributed by atoms with Gasteiger partial charge in [0.2, 0.25) is 11.8 Å². The van der Waals surface area contributed by atoms with Gasteiger partial charge in [0.15, 0.2) is 17.5 Å². The first-order valence-corrected chi connectivity index (χ1v) is 9.45. The Morgan fingerprint density at radius 1 is 1.30 bits per heavy atom. The lowest BCUT2D eigenvalue weighted by Gasteiger charge is -2.12. The first-order chi connectivity index (χ1) is 12.8. The summed E-state index contributed by atoms with van der Waals surface area (Å²) in [6.45, 7) is 6.23. The molecule has 3 rings (SSSR count). The largest absolute Gasteiger partial charge is 0.441 e. The van der Waals surface area contributed by atoms with Crippen LogP contribution in [0, 0.1) is 0 Å². The summed E-state index contributed by atoms with van der Waals surface area (Å²) in [5, 5.41) is 3.41. The van der Waals surface area contributed by atoms with E-state index in [-0.39, 0.29) is 11.3 Å². The fraction of sp³-hybridized carbons (Fsp3) is 0.300. The maximum atomic E-state index is 12.2. The van der Waals surface area contributed by atoms with Crippen LogP contribution in [0.5, 0.6) is 0 Å². The minimum Gasteiger partial charge on any atom is -0.441 e. The average Bonchev–Trinajstić information content (AvgIpc) is 3.21. The summed E-state index contributed by atoms with van der Waals surface area (Å²) in [7, 11) is 1.93. The van der Waals surface area contributed by atoms with Gasteiger partial charge < -0.3 is 9.73 Å². The predicted molar refractivity (Wildman–Crippen MR) is 106 cm³/mol. The van der Waals surface area contributed by atoms with Gasteiger partial charge in [0.05, 0.1) is 12.6 Å². The normalized spacial score (nSPS) is 11.9. The van der Waals surface area contributed by atoms with E-state index in [1.54, 1.807) is 18.5 Å². The molecule has 27 heavy (non-hydrogen) atoms. The molecular formula is C20H23N4O2S+. The van der Waals surface area contributed by atoms with Gasteiger partial charge in [0.1, 0.15) is 12.8 Å². The number of oxazole rings is 1. The van der Waals surface area contributed by atoms with E-state index >= 15 is 0 Å². The molecule has 0 saturated heterocycles. The molecule has 0 aromatic carbocycles. The monoisotopic (exact) mass is 383 g/mol. The first kappa shape index (κ1) is 19.0. The van der Waals surface area contributed by atoms with E-state index in [0.717, 1.165) is 16.2 Å². The molecule has 0 atom stereocenters. The SMILES string of the molecule is C[n+]1cccc(CC(=O)Nc2ncc(/C=C/c3ncc(C(C)(C)C)o3)s2)c1. The lowest BCUT2D eigenvalue weighted by molar-refractivity contribution is -0.671. The molecule has 140 valence electrons. The van der Waals surface area contributed by atoms with Crippen LogP contribution in [0.3, 0.4) is 0 Å². The highest BCUT2D eigenvalue weighted by atomic mass is 32.1. The Morgan fingerprint density at radius 3 is 2.81 bits per heavy atom. The molecule has 7 heteroatoms. The van der Waals surface area contributed by atoms with Gasteiger partial charge >= 0.3 is 0 Å². The van der Waals surface area contributed by atoms with Crippen LogP contribution in [0.15, 0.2) is 41.3 Å². The topological polar surface area (TPSA) is 71.9 Å². The molecule has 1 amide bonds. The summed E-state index contributed by atoms with van der Waals surface area (Å²) in [5.74, 6) is 1.30. The lowest BCUT2D eigenvalue weighted by Crippen LogP contribution is -2.27. The number of anilines is 1. The Bertz CT molecular complexity index is 966. The molecule has 3 aromatic rings. The van der Waals surface area contributed by atoms with Gasteiger partial charge in [-0.1, -0.05) is 32.1 Å². The Hall–Kier alpha value is -2.80. The molecule has 6 nitrogen and oxygen atoms in total. The molecule has 0 fully saturated rings. The average molecular weight is 383 g/mol. The highest BCUT2D eigenvalue weighted by Gasteiger charge is 2.18. The van der Waals surface area contributed by atoms with Crippen molar-refractivity contribution in [3.05, 3.63) is 59.0 Å². The van der Waals surface area contributed by atoms with E-state index in [4.69, 9.17) is 4.42 Å². The van der Waals surface area contributed by atoms with Gasteiger partial charge in [-0.3, -0.25) is 4.79 Å². The molecule has 0 aliphatic rings. The Labute approximate surface area is 162 Å². The predicted octanol–water partition coefficient (Wildman–Crippen LogP) is 3.60. The molecule has 0 aliphatic heterocycles. The summed E-state index contributed by atoms with van der Waals surface area (Å²) in [5.41, 5.74) is 0.879. The van der Waals surface area contributed by atoms with Crippen LogP contribution in [0.1, 0.15) is 42.9 Å². The quantitative estimate of drug-likeness (QED) is 0.683. The molecule has 1 N–H and O–H groups in total. The molecular weight excluding hydrogens is 360 g/mol. The highest BCUT2D eigenvalue weighted by molar-refractivity contribution is 7.16. The fourth-order valence-electron chi connectivity index (χ4n) is 2.39.